The van der Waals surface area contributed by atoms with E-state index < -0.39 is 5.54 Å². The zero-order valence-corrected chi connectivity index (χ0v) is 20.7. The molecule has 1 saturated carbocycles. The molecule has 5 nitrogen and oxygen atoms in total. The SMILES string of the molecule is CN(C)c1ccc(NC(=O)C2(N(Cc3ccccc3)C(=O)Cc3ccccc3)CCCCC2)cc1. The van der Waals surface area contributed by atoms with Gasteiger partial charge in [0.2, 0.25) is 11.8 Å². The summed E-state index contributed by atoms with van der Waals surface area (Å²) in [6.45, 7) is 0.416. The van der Waals surface area contributed by atoms with E-state index in [4.69, 9.17) is 0 Å². The van der Waals surface area contributed by atoms with E-state index in [9.17, 15) is 9.59 Å². The van der Waals surface area contributed by atoms with Crippen LogP contribution in [0.15, 0.2) is 84.9 Å². The lowest BCUT2D eigenvalue weighted by molar-refractivity contribution is -0.148. The van der Waals surface area contributed by atoms with Gasteiger partial charge in [-0.3, -0.25) is 9.59 Å². The van der Waals surface area contributed by atoms with Crippen LogP contribution < -0.4 is 10.2 Å². The second-order valence-electron chi connectivity index (χ2n) is 9.62. The predicted octanol–water partition coefficient (Wildman–Crippen LogP) is 5.67. The summed E-state index contributed by atoms with van der Waals surface area (Å²) in [5, 5.41) is 3.15. The molecule has 1 aliphatic rings. The van der Waals surface area contributed by atoms with E-state index in [0.29, 0.717) is 19.4 Å². The summed E-state index contributed by atoms with van der Waals surface area (Å²) in [7, 11) is 3.98. The molecule has 0 spiro atoms. The number of nitrogens with zero attached hydrogens (tertiary/aromatic N) is 2. The van der Waals surface area contributed by atoms with Crippen molar-refractivity contribution in [3.05, 3.63) is 96.1 Å². The van der Waals surface area contributed by atoms with Crippen molar-refractivity contribution in [1.82, 2.24) is 4.90 Å². The summed E-state index contributed by atoms with van der Waals surface area (Å²) in [5.74, 6) is -0.104. The van der Waals surface area contributed by atoms with Gasteiger partial charge in [-0.15, -0.1) is 0 Å². The van der Waals surface area contributed by atoms with Crippen LogP contribution in [0.5, 0.6) is 0 Å². The Labute approximate surface area is 208 Å². The fraction of sp³-hybridized carbons (Fsp3) is 0.333. The standard InChI is InChI=1S/C30H35N3O2/c1-32(2)27-18-16-26(17-19-27)31-29(35)30(20-10-5-11-21-30)33(23-25-14-8-4-9-15-25)28(34)22-24-12-6-3-7-13-24/h3-4,6-9,12-19H,5,10-11,20-23H2,1-2H3,(H,31,35). The van der Waals surface area contributed by atoms with Gasteiger partial charge in [-0.05, 0) is 48.2 Å². The summed E-state index contributed by atoms with van der Waals surface area (Å²) in [5.41, 5.74) is 2.93. The minimum Gasteiger partial charge on any atom is -0.378 e. The molecule has 1 fully saturated rings. The van der Waals surface area contributed by atoms with Crippen LogP contribution >= 0.6 is 0 Å². The first-order valence-electron chi connectivity index (χ1n) is 12.5. The Morgan fingerprint density at radius 1 is 0.771 bits per heavy atom. The topological polar surface area (TPSA) is 52.7 Å². The number of hydrogen-bond acceptors (Lipinski definition) is 3. The molecule has 0 radical (unpaired) electrons. The van der Waals surface area contributed by atoms with Crippen LogP contribution in [-0.2, 0) is 22.6 Å². The van der Waals surface area contributed by atoms with E-state index in [1.165, 1.54) is 0 Å². The molecular weight excluding hydrogens is 434 g/mol. The van der Waals surface area contributed by atoms with E-state index in [1.54, 1.807) is 0 Å². The Kier molecular flexibility index (Phi) is 7.86. The summed E-state index contributed by atoms with van der Waals surface area (Å²) >= 11 is 0. The van der Waals surface area contributed by atoms with E-state index in [2.05, 4.69) is 5.32 Å². The average molecular weight is 470 g/mol. The van der Waals surface area contributed by atoms with E-state index in [0.717, 1.165) is 41.8 Å². The van der Waals surface area contributed by atoms with Gasteiger partial charge >= 0.3 is 0 Å². The molecule has 0 saturated heterocycles. The number of carbonyl (C=O) groups excluding carboxylic acids is 2. The largest absolute Gasteiger partial charge is 0.378 e. The first-order chi connectivity index (χ1) is 17.0. The second-order valence-corrected chi connectivity index (χ2v) is 9.62. The summed E-state index contributed by atoms with van der Waals surface area (Å²) in [6, 6.07) is 27.6. The number of anilines is 2. The van der Waals surface area contributed by atoms with Gasteiger partial charge in [0.05, 0.1) is 6.42 Å². The van der Waals surface area contributed by atoms with Gasteiger partial charge in [-0.25, -0.2) is 0 Å². The highest BCUT2D eigenvalue weighted by Gasteiger charge is 2.46. The zero-order valence-electron chi connectivity index (χ0n) is 20.7. The molecule has 2 amide bonds. The molecule has 3 aromatic rings. The minimum absolute atomic E-state index is 0.0138. The molecule has 4 rings (SSSR count). The molecule has 1 aliphatic carbocycles. The van der Waals surface area contributed by atoms with Gasteiger partial charge in [-0.1, -0.05) is 79.9 Å². The number of amides is 2. The highest BCUT2D eigenvalue weighted by atomic mass is 16.2. The lowest BCUT2D eigenvalue weighted by Gasteiger charge is -2.45. The first kappa shape index (κ1) is 24.5. The summed E-state index contributed by atoms with van der Waals surface area (Å²) < 4.78 is 0. The van der Waals surface area contributed by atoms with E-state index in [1.807, 2.05) is 109 Å². The smallest absolute Gasteiger partial charge is 0.250 e. The van der Waals surface area contributed by atoms with Crippen molar-refractivity contribution < 1.29 is 9.59 Å². The summed E-state index contributed by atoms with van der Waals surface area (Å²) in [4.78, 5) is 31.7. The van der Waals surface area contributed by atoms with Gasteiger partial charge in [0.15, 0.2) is 0 Å². The first-order valence-corrected chi connectivity index (χ1v) is 12.5. The van der Waals surface area contributed by atoms with Crippen molar-refractivity contribution in [3.63, 3.8) is 0 Å². The Morgan fingerprint density at radius 2 is 1.34 bits per heavy atom. The maximum atomic E-state index is 14.0. The van der Waals surface area contributed by atoms with E-state index >= 15 is 0 Å². The number of nitrogens with one attached hydrogen (secondary N) is 1. The Bertz CT molecular complexity index is 1110. The van der Waals surface area contributed by atoms with Crippen LogP contribution in [0.2, 0.25) is 0 Å². The zero-order chi connectivity index (χ0) is 24.7. The predicted molar refractivity (Wildman–Crippen MR) is 142 cm³/mol. The molecular formula is C30H35N3O2. The monoisotopic (exact) mass is 469 g/mol. The van der Waals surface area contributed by atoms with Gasteiger partial charge in [0, 0.05) is 32.0 Å². The minimum atomic E-state index is -0.875. The average Bonchev–Trinajstić information content (AvgIpc) is 2.89. The normalized spacial score (nSPS) is 14.7. The fourth-order valence-electron chi connectivity index (χ4n) is 4.96. The molecule has 1 N–H and O–H groups in total. The molecule has 35 heavy (non-hydrogen) atoms. The van der Waals surface area contributed by atoms with E-state index in [-0.39, 0.29) is 18.2 Å². The summed E-state index contributed by atoms with van der Waals surface area (Å²) in [6.07, 6.45) is 4.55. The quantitative estimate of drug-likeness (QED) is 0.463. The third-order valence-electron chi connectivity index (χ3n) is 6.94. The van der Waals surface area contributed by atoms with Crippen molar-refractivity contribution >= 4 is 23.2 Å². The lowest BCUT2D eigenvalue weighted by atomic mass is 9.78. The van der Waals surface area contributed by atoms with Crippen LogP contribution in [0.3, 0.4) is 0 Å². The highest BCUT2D eigenvalue weighted by Crippen LogP contribution is 2.37. The van der Waals surface area contributed by atoms with Crippen LogP contribution in [0.4, 0.5) is 11.4 Å². The van der Waals surface area contributed by atoms with Crippen LogP contribution in [0.1, 0.15) is 43.2 Å². The number of hydrogen-bond donors (Lipinski definition) is 1. The van der Waals surface area contributed by atoms with Gasteiger partial charge in [0.1, 0.15) is 5.54 Å². The van der Waals surface area contributed by atoms with Crippen LogP contribution in [0, 0.1) is 0 Å². The number of benzene rings is 3. The molecule has 182 valence electrons. The maximum absolute atomic E-state index is 14.0. The van der Waals surface area contributed by atoms with Crippen molar-refractivity contribution in [2.24, 2.45) is 0 Å². The Morgan fingerprint density at radius 3 is 1.91 bits per heavy atom. The Balaban J connectivity index is 1.66. The highest BCUT2D eigenvalue weighted by molar-refractivity contribution is 6.01. The molecule has 3 aromatic carbocycles. The van der Waals surface area contributed by atoms with Gasteiger partial charge in [-0.2, -0.15) is 0 Å². The molecule has 0 unspecified atom stereocenters. The van der Waals surface area contributed by atoms with Crippen molar-refractivity contribution in [1.29, 1.82) is 0 Å². The molecule has 0 aromatic heterocycles. The number of rotatable bonds is 8. The van der Waals surface area contributed by atoms with Crippen molar-refractivity contribution in [3.8, 4) is 0 Å². The van der Waals surface area contributed by atoms with Crippen LogP contribution in [0.25, 0.3) is 0 Å². The van der Waals surface area contributed by atoms with Gasteiger partial charge in [0.25, 0.3) is 0 Å². The number of carbonyl (C=O) groups is 2. The van der Waals surface area contributed by atoms with Crippen molar-refractivity contribution in [2.45, 2.75) is 50.6 Å². The Hall–Kier alpha value is -3.60. The molecule has 0 heterocycles. The van der Waals surface area contributed by atoms with Crippen molar-refractivity contribution in [2.75, 3.05) is 24.3 Å². The molecule has 5 heteroatoms. The molecule has 0 aliphatic heterocycles. The fourth-order valence-corrected chi connectivity index (χ4v) is 4.96. The second kappa shape index (κ2) is 11.2. The van der Waals surface area contributed by atoms with Crippen LogP contribution in [-0.4, -0.2) is 36.3 Å². The molecule has 0 atom stereocenters. The third kappa shape index (κ3) is 5.91. The maximum Gasteiger partial charge on any atom is 0.250 e. The molecule has 0 bridgehead atoms. The van der Waals surface area contributed by atoms with Gasteiger partial charge < -0.3 is 15.1 Å². The third-order valence-corrected chi connectivity index (χ3v) is 6.94. The lowest BCUT2D eigenvalue weighted by Crippen LogP contribution is -2.60.